The molecule has 1 aromatic carbocycles. The fourth-order valence-electron chi connectivity index (χ4n) is 2.58. The monoisotopic (exact) mass is 287 g/mol. The summed E-state index contributed by atoms with van der Waals surface area (Å²) in [5, 5.41) is 3.10. The minimum absolute atomic E-state index is 0.106. The number of methoxy groups -OCH3 is 1. The van der Waals surface area contributed by atoms with Crippen LogP contribution in [0.2, 0.25) is 0 Å². The first-order chi connectivity index (χ1) is 9.43. The molecular weight excluding hydrogens is 271 g/mol. The highest BCUT2D eigenvalue weighted by molar-refractivity contribution is 5.74. The number of esters is 1. The van der Waals surface area contributed by atoms with Gasteiger partial charge in [0.15, 0.2) is 0 Å². The molecule has 0 spiro atoms. The van der Waals surface area contributed by atoms with Crippen molar-refractivity contribution in [3.63, 3.8) is 0 Å². The molecule has 1 fully saturated rings. The van der Waals surface area contributed by atoms with Gasteiger partial charge in [0.25, 0.3) is 0 Å². The van der Waals surface area contributed by atoms with Crippen molar-refractivity contribution < 1.29 is 22.7 Å². The first-order valence-electron chi connectivity index (χ1n) is 6.39. The molecule has 1 heterocycles. The number of benzene rings is 1. The van der Waals surface area contributed by atoms with E-state index in [1.54, 1.807) is 0 Å². The molecule has 20 heavy (non-hydrogen) atoms. The van der Waals surface area contributed by atoms with E-state index in [1.165, 1.54) is 19.2 Å². The Labute approximate surface area is 115 Å². The average Bonchev–Trinajstić information content (AvgIpc) is 2.45. The third kappa shape index (κ3) is 3.12. The Kier molecular flexibility index (Phi) is 4.32. The van der Waals surface area contributed by atoms with Gasteiger partial charge in [0.2, 0.25) is 0 Å². The van der Waals surface area contributed by atoms with Gasteiger partial charge in [-0.05, 0) is 36.6 Å². The fourth-order valence-corrected chi connectivity index (χ4v) is 2.58. The van der Waals surface area contributed by atoms with E-state index < -0.39 is 11.7 Å². The van der Waals surface area contributed by atoms with Crippen LogP contribution in [0.1, 0.15) is 23.5 Å². The van der Waals surface area contributed by atoms with E-state index in [2.05, 4.69) is 5.32 Å². The van der Waals surface area contributed by atoms with Crippen molar-refractivity contribution in [2.45, 2.75) is 18.5 Å². The van der Waals surface area contributed by atoms with Crippen LogP contribution >= 0.6 is 0 Å². The Morgan fingerprint density at radius 2 is 1.95 bits per heavy atom. The molecule has 6 heteroatoms. The van der Waals surface area contributed by atoms with E-state index in [9.17, 15) is 18.0 Å². The van der Waals surface area contributed by atoms with Crippen LogP contribution < -0.4 is 5.32 Å². The smallest absolute Gasteiger partial charge is 0.416 e. The SMILES string of the molecule is COC(=O)[C@@H]1CNCC[C@H]1c1ccc(C(F)(F)F)cc1. The minimum Gasteiger partial charge on any atom is -0.469 e. The summed E-state index contributed by atoms with van der Waals surface area (Å²) in [5.74, 6) is -0.793. The number of nitrogens with one attached hydrogen (secondary N) is 1. The minimum atomic E-state index is -4.34. The number of piperidine rings is 1. The van der Waals surface area contributed by atoms with Gasteiger partial charge in [-0.3, -0.25) is 4.79 Å². The third-order valence-electron chi connectivity index (χ3n) is 3.65. The summed E-state index contributed by atoms with van der Waals surface area (Å²) in [4.78, 5) is 11.7. The Hall–Kier alpha value is -1.56. The van der Waals surface area contributed by atoms with E-state index in [0.717, 1.165) is 24.2 Å². The van der Waals surface area contributed by atoms with Crippen LogP contribution in [0.3, 0.4) is 0 Å². The number of hydrogen-bond acceptors (Lipinski definition) is 3. The topological polar surface area (TPSA) is 38.3 Å². The van der Waals surface area contributed by atoms with Crippen LogP contribution in [-0.4, -0.2) is 26.2 Å². The second kappa shape index (κ2) is 5.83. The quantitative estimate of drug-likeness (QED) is 0.850. The molecule has 1 aromatic rings. The molecule has 1 N–H and O–H groups in total. The summed E-state index contributed by atoms with van der Waals surface area (Å²) >= 11 is 0. The summed E-state index contributed by atoms with van der Waals surface area (Å²) in [5.41, 5.74) is 0.0692. The van der Waals surface area contributed by atoms with E-state index in [4.69, 9.17) is 4.74 Å². The van der Waals surface area contributed by atoms with E-state index >= 15 is 0 Å². The number of rotatable bonds is 2. The number of hydrogen-bond donors (Lipinski definition) is 1. The Morgan fingerprint density at radius 1 is 1.30 bits per heavy atom. The van der Waals surface area contributed by atoms with Crippen molar-refractivity contribution in [3.8, 4) is 0 Å². The molecule has 2 atom stereocenters. The number of carbonyl (C=O) groups excluding carboxylic acids is 1. The lowest BCUT2D eigenvalue weighted by atomic mass is 9.81. The summed E-state index contributed by atoms with van der Waals surface area (Å²) in [6.45, 7) is 1.22. The maximum Gasteiger partial charge on any atom is 0.416 e. The molecule has 1 saturated heterocycles. The third-order valence-corrected chi connectivity index (χ3v) is 3.65. The van der Waals surface area contributed by atoms with E-state index in [1.807, 2.05) is 0 Å². The molecule has 2 rings (SSSR count). The summed E-state index contributed by atoms with van der Waals surface area (Å²) in [6.07, 6.45) is -3.64. The number of carbonyl (C=O) groups is 1. The largest absolute Gasteiger partial charge is 0.469 e. The van der Waals surface area contributed by atoms with Crippen LogP contribution in [0.5, 0.6) is 0 Å². The molecule has 0 aromatic heterocycles. The van der Waals surface area contributed by atoms with Crippen molar-refractivity contribution in [1.29, 1.82) is 0 Å². The molecule has 0 unspecified atom stereocenters. The van der Waals surface area contributed by atoms with Gasteiger partial charge in [-0.25, -0.2) is 0 Å². The predicted molar refractivity (Wildman–Crippen MR) is 67.2 cm³/mol. The van der Waals surface area contributed by atoms with Crippen LogP contribution in [-0.2, 0) is 15.7 Å². The maximum atomic E-state index is 12.5. The van der Waals surface area contributed by atoms with Crippen molar-refractivity contribution >= 4 is 5.97 Å². The van der Waals surface area contributed by atoms with Crippen LogP contribution in [0.25, 0.3) is 0 Å². The van der Waals surface area contributed by atoms with Gasteiger partial charge in [0, 0.05) is 6.54 Å². The molecule has 3 nitrogen and oxygen atoms in total. The summed E-state index contributed by atoms with van der Waals surface area (Å²) in [6, 6.07) is 5.03. The van der Waals surface area contributed by atoms with Crippen molar-refractivity contribution in [2.24, 2.45) is 5.92 Å². The molecule has 0 bridgehead atoms. The van der Waals surface area contributed by atoms with Crippen molar-refractivity contribution in [1.82, 2.24) is 5.32 Å². The maximum absolute atomic E-state index is 12.5. The molecule has 0 aliphatic carbocycles. The lowest BCUT2D eigenvalue weighted by Crippen LogP contribution is -2.40. The molecule has 110 valence electrons. The lowest BCUT2D eigenvalue weighted by molar-refractivity contribution is -0.146. The van der Waals surface area contributed by atoms with Crippen LogP contribution in [0, 0.1) is 5.92 Å². The molecule has 0 amide bonds. The van der Waals surface area contributed by atoms with Gasteiger partial charge in [-0.15, -0.1) is 0 Å². The normalized spacial score (nSPS) is 23.4. The number of halogens is 3. The Morgan fingerprint density at radius 3 is 2.50 bits per heavy atom. The number of ether oxygens (including phenoxy) is 1. The first-order valence-corrected chi connectivity index (χ1v) is 6.39. The predicted octanol–water partition coefficient (Wildman–Crippen LogP) is 2.57. The van der Waals surface area contributed by atoms with Crippen molar-refractivity contribution in [2.75, 3.05) is 20.2 Å². The summed E-state index contributed by atoms with van der Waals surface area (Å²) in [7, 11) is 1.32. The van der Waals surface area contributed by atoms with E-state index in [-0.39, 0.29) is 17.8 Å². The highest BCUT2D eigenvalue weighted by Crippen LogP contribution is 2.34. The fraction of sp³-hybridized carbons (Fsp3) is 0.500. The summed E-state index contributed by atoms with van der Waals surface area (Å²) < 4.78 is 42.4. The average molecular weight is 287 g/mol. The van der Waals surface area contributed by atoms with Gasteiger partial charge in [0.1, 0.15) is 0 Å². The van der Waals surface area contributed by atoms with Crippen LogP contribution in [0.4, 0.5) is 13.2 Å². The van der Waals surface area contributed by atoms with Gasteiger partial charge in [0.05, 0.1) is 18.6 Å². The zero-order valence-electron chi connectivity index (χ0n) is 11.0. The molecule has 1 aliphatic rings. The highest BCUT2D eigenvalue weighted by Gasteiger charge is 2.34. The molecule has 1 aliphatic heterocycles. The number of alkyl halides is 3. The van der Waals surface area contributed by atoms with Gasteiger partial charge < -0.3 is 10.1 Å². The molecular formula is C14H16F3NO2. The van der Waals surface area contributed by atoms with Gasteiger partial charge >= 0.3 is 12.1 Å². The van der Waals surface area contributed by atoms with Crippen LogP contribution in [0.15, 0.2) is 24.3 Å². The first kappa shape index (κ1) is 14.8. The standard InChI is InChI=1S/C14H16F3NO2/c1-20-13(19)12-8-18-7-6-11(12)9-2-4-10(5-3-9)14(15,16)17/h2-5,11-12,18H,6-8H2,1H3/t11-,12+/m0/s1. The second-order valence-electron chi connectivity index (χ2n) is 4.85. The second-order valence-corrected chi connectivity index (χ2v) is 4.85. The van der Waals surface area contributed by atoms with Gasteiger partial charge in [-0.2, -0.15) is 13.2 Å². The molecule has 0 saturated carbocycles. The molecule has 0 radical (unpaired) electrons. The lowest BCUT2D eigenvalue weighted by Gasteiger charge is -2.30. The Bertz CT molecular complexity index is 470. The van der Waals surface area contributed by atoms with Gasteiger partial charge in [-0.1, -0.05) is 12.1 Å². The Balaban J connectivity index is 2.22. The zero-order valence-corrected chi connectivity index (χ0v) is 11.0. The van der Waals surface area contributed by atoms with E-state index in [0.29, 0.717) is 13.0 Å². The highest BCUT2D eigenvalue weighted by atomic mass is 19.4. The zero-order chi connectivity index (χ0) is 14.8. The van der Waals surface area contributed by atoms with Crippen molar-refractivity contribution in [3.05, 3.63) is 35.4 Å².